The smallest absolute Gasteiger partial charge is 0.375 e. The summed E-state index contributed by atoms with van der Waals surface area (Å²) >= 11 is 12.6. The maximum Gasteiger partial charge on any atom is 0.434 e. The predicted molar refractivity (Wildman–Crippen MR) is 81.2 cm³/mol. The van der Waals surface area contributed by atoms with Gasteiger partial charge in [0.2, 0.25) is 0 Å². The third-order valence-electron chi connectivity index (χ3n) is 3.08. The van der Waals surface area contributed by atoms with Crippen LogP contribution < -0.4 is 5.73 Å². The Morgan fingerprint density at radius 3 is 2.52 bits per heavy atom. The lowest BCUT2D eigenvalue weighted by Gasteiger charge is -2.06. The molecule has 3 rings (SSSR count). The van der Waals surface area contributed by atoms with E-state index in [1.807, 2.05) is 0 Å². The summed E-state index contributed by atoms with van der Waals surface area (Å²) < 4.78 is 54.2. The van der Waals surface area contributed by atoms with E-state index in [2.05, 4.69) is 10.1 Å². The van der Waals surface area contributed by atoms with Crippen LogP contribution in [0.4, 0.5) is 22.7 Å². The standard InChI is InChI=1S/C12H6Cl2F4N4S/c1-22-10(12(16,17)18)6(14)8(21-22)5-4(15)2-3(13)7-9(5)23-11(19)20-7/h2H,1H3,(H2,19,20). The Hall–Kier alpha value is -1.58. The molecule has 0 unspecified atom stereocenters. The third kappa shape index (κ3) is 2.52. The summed E-state index contributed by atoms with van der Waals surface area (Å²) in [6, 6.07) is 0.941. The molecule has 4 nitrogen and oxygen atoms in total. The Kier molecular flexibility index (Phi) is 3.69. The summed E-state index contributed by atoms with van der Waals surface area (Å²) in [4.78, 5) is 3.95. The van der Waals surface area contributed by atoms with Crippen molar-refractivity contribution in [1.29, 1.82) is 0 Å². The minimum absolute atomic E-state index is 0.00250. The minimum atomic E-state index is -4.73. The Bertz CT molecular complexity index is 932. The second kappa shape index (κ2) is 5.22. The van der Waals surface area contributed by atoms with E-state index in [4.69, 9.17) is 28.9 Å². The first-order valence-electron chi connectivity index (χ1n) is 5.95. The first-order valence-corrected chi connectivity index (χ1v) is 7.52. The number of rotatable bonds is 1. The van der Waals surface area contributed by atoms with Gasteiger partial charge in [-0.15, -0.1) is 0 Å². The van der Waals surface area contributed by atoms with E-state index in [-0.39, 0.29) is 31.6 Å². The molecule has 23 heavy (non-hydrogen) atoms. The van der Waals surface area contributed by atoms with Crippen LogP contribution in [-0.2, 0) is 13.2 Å². The zero-order valence-electron chi connectivity index (χ0n) is 11.2. The quantitative estimate of drug-likeness (QED) is 0.616. The van der Waals surface area contributed by atoms with Gasteiger partial charge in [0.25, 0.3) is 0 Å². The fraction of sp³-hybridized carbons (Fsp3) is 0.167. The Balaban J connectivity index is 2.39. The number of hydrogen-bond acceptors (Lipinski definition) is 4. The van der Waals surface area contributed by atoms with Crippen molar-refractivity contribution in [2.24, 2.45) is 7.05 Å². The minimum Gasteiger partial charge on any atom is -0.375 e. The van der Waals surface area contributed by atoms with Gasteiger partial charge in [-0.05, 0) is 6.07 Å². The van der Waals surface area contributed by atoms with Crippen molar-refractivity contribution in [2.75, 3.05) is 5.73 Å². The summed E-state index contributed by atoms with van der Waals surface area (Å²) in [6.07, 6.45) is -4.73. The van der Waals surface area contributed by atoms with Crippen LogP contribution in [-0.4, -0.2) is 14.8 Å². The number of aromatic nitrogens is 3. The topological polar surface area (TPSA) is 56.7 Å². The number of nitrogens with two attached hydrogens (primary N) is 1. The van der Waals surface area contributed by atoms with E-state index in [0.717, 1.165) is 24.5 Å². The van der Waals surface area contributed by atoms with Crippen molar-refractivity contribution in [2.45, 2.75) is 6.18 Å². The monoisotopic (exact) mass is 384 g/mol. The fourth-order valence-corrected chi connectivity index (χ4v) is 3.76. The highest BCUT2D eigenvalue weighted by Gasteiger charge is 2.39. The number of thiazole rings is 1. The lowest BCUT2D eigenvalue weighted by Crippen LogP contribution is -2.12. The van der Waals surface area contributed by atoms with Crippen molar-refractivity contribution >= 4 is 49.9 Å². The molecule has 0 aliphatic heterocycles. The maximum atomic E-state index is 14.4. The Labute approximate surface area is 140 Å². The number of nitrogen functional groups attached to an aromatic ring is 1. The molecule has 0 radical (unpaired) electrons. The number of aryl methyl sites for hydroxylation is 1. The molecule has 2 N–H and O–H groups in total. The van der Waals surface area contributed by atoms with Gasteiger partial charge in [0, 0.05) is 7.05 Å². The summed E-state index contributed by atoms with van der Waals surface area (Å²) in [5.41, 5.74) is 4.04. The van der Waals surface area contributed by atoms with Gasteiger partial charge < -0.3 is 5.73 Å². The molecule has 0 spiro atoms. The summed E-state index contributed by atoms with van der Waals surface area (Å²) in [5.74, 6) is -0.861. The van der Waals surface area contributed by atoms with Gasteiger partial charge in [-0.25, -0.2) is 9.37 Å². The second-order valence-corrected chi connectivity index (χ2v) is 6.39. The summed E-state index contributed by atoms with van der Waals surface area (Å²) in [7, 11) is 1.07. The Morgan fingerprint density at radius 2 is 1.96 bits per heavy atom. The normalized spacial score (nSPS) is 12.3. The van der Waals surface area contributed by atoms with Gasteiger partial charge >= 0.3 is 6.18 Å². The average Bonchev–Trinajstić information content (AvgIpc) is 2.90. The van der Waals surface area contributed by atoms with Crippen LogP contribution >= 0.6 is 34.5 Å². The Morgan fingerprint density at radius 1 is 1.30 bits per heavy atom. The molecule has 0 saturated heterocycles. The lowest BCUT2D eigenvalue weighted by atomic mass is 10.1. The first-order chi connectivity index (χ1) is 10.6. The number of anilines is 1. The number of halogens is 6. The molecule has 2 aromatic heterocycles. The van der Waals surface area contributed by atoms with E-state index in [9.17, 15) is 17.6 Å². The molecule has 0 amide bonds. The van der Waals surface area contributed by atoms with Crippen molar-refractivity contribution in [1.82, 2.24) is 14.8 Å². The molecule has 0 bridgehead atoms. The molecule has 2 heterocycles. The van der Waals surface area contributed by atoms with E-state index in [1.54, 1.807) is 0 Å². The number of alkyl halides is 3. The van der Waals surface area contributed by atoms with Crippen LogP contribution in [0.15, 0.2) is 6.07 Å². The summed E-state index contributed by atoms with van der Waals surface area (Å²) in [5, 5.41) is 3.11. The number of fused-ring (bicyclic) bond motifs is 1. The number of benzene rings is 1. The third-order valence-corrected chi connectivity index (χ3v) is 4.63. The van der Waals surface area contributed by atoms with Crippen LogP contribution in [0.25, 0.3) is 21.5 Å². The largest absolute Gasteiger partial charge is 0.434 e. The van der Waals surface area contributed by atoms with E-state index in [0.29, 0.717) is 4.68 Å². The van der Waals surface area contributed by atoms with Gasteiger partial charge in [-0.3, -0.25) is 4.68 Å². The van der Waals surface area contributed by atoms with Crippen LogP contribution in [0.3, 0.4) is 0 Å². The van der Waals surface area contributed by atoms with Crippen molar-refractivity contribution in [3.63, 3.8) is 0 Å². The zero-order chi connectivity index (χ0) is 17.1. The van der Waals surface area contributed by atoms with Gasteiger partial charge in [-0.1, -0.05) is 34.5 Å². The van der Waals surface area contributed by atoms with Crippen LogP contribution in [0, 0.1) is 5.82 Å². The van der Waals surface area contributed by atoms with Gasteiger partial charge in [0.1, 0.15) is 17.0 Å². The molecular weight excluding hydrogens is 379 g/mol. The highest BCUT2D eigenvalue weighted by molar-refractivity contribution is 7.22. The predicted octanol–water partition coefficient (Wildman–Crippen LogP) is 4.74. The van der Waals surface area contributed by atoms with Crippen molar-refractivity contribution in [3.8, 4) is 11.3 Å². The van der Waals surface area contributed by atoms with Crippen LogP contribution in [0.1, 0.15) is 5.69 Å². The van der Waals surface area contributed by atoms with E-state index >= 15 is 0 Å². The molecule has 11 heteroatoms. The highest BCUT2D eigenvalue weighted by atomic mass is 35.5. The summed E-state index contributed by atoms with van der Waals surface area (Å²) in [6.45, 7) is 0. The van der Waals surface area contributed by atoms with Gasteiger partial charge in [0.15, 0.2) is 10.8 Å². The number of hydrogen-bond donors (Lipinski definition) is 1. The molecule has 0 aliphatic rings. The van der Waals surface area contributed by atoms with Gasteiger partial charge in [0.05, 0.1) is 20.3 Å². The molecule has 3 aromatic rings. The second-order valence-electron chi connectivity index (χ2n) is 4.58. The van der Waals surface area contributed by atoms with E-state index in [1.165, 1.54) is 0 Å². The number of nitrogens with zero attached hydrogens (tertiary/aromatic N) is 3. The molecule has 0 fully saturated rings. The molecule has 0 atom stereocenters. The first kappa shape index (κ1) is 16.3. The van der Waals surface area contributed by atoms with Crippen molar-refractivity contribution < 1.29 is 17.6 Å². The molecule has 0 saturated carbocycles. The van der Waals surface area contributed by atoms with Gasteiger partial charge in [-0.2, -0.15) is 18.3 Å². The SMILES string of the molecule is Cn1nc(-c2c(F)cc(Cl)c3nc(N)sc23)c(Cl)c1C(F)(F)F. The zero-order valence-corrected chi connectivity index (χ0v) is 13.5. The highest BCUT2D eigenvalue weighted by Crippen LogP contribution is 2.44. The van der Waals surface area contributed by atoms with Crippen LogP contribution in [0.5, 0.6) is 0 Å². The van der Waals surface area contributed by atoms with E-state index < -0.39 is 22.7 Å². The fourth-order valence-electron chi connectivity index (χ4n) is 2.21. The molecular formula is C12H6Cl2F4N4S. The van der Waals surface area contributed by atoms with Crippen LogP contribution in [0.2, 0.25) is 10.0 Å². The maximum absolute atomic E-state index is 14.4. The van der Waals surface area contributed by atoms with Crippen molar-refractivity contribution in [3.05, 3.63) is 27.6 Å². The molecule has 0 aliphatic carbocycles. The average molecular weight is 385 g/mol. The molecule has 1 aromatic carbocycles. The molecule has 122 valence electrons. The lowest BCUT2D eigenvalue weighted by molar-refractivity contribution is -0.143.